The molecule has 0 saturated carbocycles. The molecule has 0 spiro atoms. The highest BCUT2D eigenvalue weighted by molar-refractivity contribution is 6.31. The normalized spacial score (nSPS) is 13.1. The molecule has 4 rings (SSSR count). The predicted octanol–water partition coefficient (Wildman–Crippen LogP) is 1.88. The quantitative estimate of drug-likeness (QED) is 0.710. The Balaban J connectivity index is 1.47. The van der Waals surface area contributed by atoms with E-state index in [0.29, 0.717) is 28.0 Å². The number of fused-ring (bicyclic) bond motifs is 1. The number of aromatic amines is 1. The number of carbonyl (C=O) groups excluding carboxylic acids is 2. The van der Waals surface area contributed by atoms with Crippen LogP contribution in [0.5, 0.6) is 5.75 Å². The Kier molecular flexibility index (Phi) is 4.43. The number of benzene rings is 1. The van der Waals surface area contributed by atoms with E-state index < -0.39 is 5.91 Å². The van der Waals surface area contributed by atoms with Crippen LogP contribution in [0, 0.1) is 0 Å². The number of hydrogen-bond acceptors (Lipinski definition) is 6. The molecule has 0 unspecified atom stereocenters. The fourth-order valence-corrected chi connectivity index (χ4v) is 2.77. The van der Waals surface area contributed by atoms with Gasteiger partial charge in [-0.25, -0.2) is 0 Å². The van der Waals surface area contributed by atoms with Crippen molar-refractivity contribution < 1.29 is 14.3 Å². The second-order valence-corrected chi connectivity index (χ2v) is 6.10. The van der Waals surface area contributed by atoms with Crippen molar-refractivity contribution in [2.24, 2.45) is 0 Å². The Morgan fingerprint density at radius 2 is 2.19 bits per heavy atom. The minimum Gasteiger partial charge on any atom is -0.482 e. The van der Waals surface area contributed by atoms with Crippen molar-refractivity contribution in [3.8, 4) is 17.3 Å². The third-order valence-corrected chi connectivity index (χ3v) is 4.05. The van der Waals surface area contributed by atoms with Gasteiger partial charge in [-0.2, -0.15) is 0 Å². The molecular weight excluding hydrogens is 372 g/mol. The lowest BCUT2D eigenvalue weighted by atomic mass is 10.2. The maximum Gasteiger partial charge on any atom is 0.265 e. The van der Waals surface area contributed by atoms with Gasteiger partial charge in [-0.1, -0.05) is 17.7 Å². The number of H-pyrrole nitrogens is 1. The Bertz CT molecular complexity index is 1010. The van der Waals surface area contributed by atoms with Gasteiger partial charge in [0.15, 0.2) is 12.4 Å². The molecule has 0 saturated heterocycles. The summed E-state index contributed by atoms with van der Waals surface area (Å²) in [5.74, 6) is 0.277. The minimum absolute atomic E-state index is 0.160. The Labute approximate surface area is 158 Å². The number of anilines is 2. The van der Waals surface area contributed by atoms with E-state index in [1.54, 1.807) is 36.5 Å². The lowest BCUT2D eigenvalue weighted by Crippen LogP contribution is -2.43. The largest absolute Gasteiger partial charge is 0.482 e. The molecule has 136 valence electrons. The van der Waals surface area contributed by atoms with Crippen LogP contribution in [0.4, 0.5) is 11.6 Å². The van der Waals surface area contributed by atoms with Gasteiger partial charge in [-0.05, 0) is 24.3 Å². The summed E-state index contributed by atoms with van der Waals surface area (Å²) in [6.07, 6.45) is 1.63. The summed E-state index contributed by atoms with van der Waals surface area (Å²) in [5.41, 5.74) is 1.08. The summed E-state index contributed by atoms with van der Waals surface area (Å²) in [6.45, 7) is -0.358. The van der Waals surface area contributed by atoms with Gasteiger partial charge in [-0.3, -0.25) is 24.8 Å². The number of halogens is 1. The monoisotopic (exact) mass is 384 g/mol. The van der Waals surface area contributed by atoms with Crippen molar-refractivity contribution in [2.75, 3.05) is 23.4 Å². The van der Waals surface area contributed by atoms with E-state index in [9.17, 15) is 9.59 Å². The van der Waals surface area contributed by atoms with E-state index in [4.69, 9.17) is 16.3 Å². The molecule has 2 amide bonds. The fraction of sp³-hybridized carbons (Fsp3) is 0.118. The molecule has 0 aliphatic carbocycles. The second kappa shape index (κ2) is 7.04. The first kappa shape index (κ1) is 17.0. The van der Waals surface area contributed by atoms with Crippen LogP contribution in [0.15, 0.2) is 42.6 Å². The number of amides is 2. The van der Waals surface area contributed by atoms with Crippen LogP contribution in [-0.4, -0.2) is 45.1 Å². The van der Waals surface area contributed by atoms with Gasteiger partial charge in [0, 0.05) is 17.3 Å². The maximum atomic E-state index is 12.4. The summed E-state index contributed by atoms with van der Waals surface area (Å²) in [4.78, 5) is 32.9. The van der Waals surface area contributed by atoms with Crippen LogP contribution in [-0.2, 0) is 9.59 Å². The Morgan fingerprint density at radius 1 is 1.30 bits per heavy atom. The fourth-order valence-electron chi connectivity index (χ4n) is 2.60. The van der Waals surface area contributed by atoms with Gasteiger partial charge in [0.1, 0.15) is 18.0 Å². The zero-order valence-corrected chi connectivity index (χ0v) is 14.6. The van der Waals surface area contributed by atoms with Crippen molar-refractivity contribution in [3.63, 3.8) is 0 Å². The molecule has 0 bridgehead atoms. The number of ether oxygens (including phenoxy) is 1. The van der Waals surface area contributed by atoms with Crippen LogP contribution in [0.25, 0.3) is 11.5 Å². The van der Waals surface area contributed by atoms with E-state index in [1.165, 1.54) is 4.90 Å². The number of nitrogens with one attached hydrogen (secondary N) is 2. The molecule has 1 aromatic carbocycles. The van der Waals surface area contributed by atoms with Gasteiger partial charge < -0.3 is 9.72 Å². The predicted molar refractivity (Wildman–Crippen MR) is 97.5 cm³/mol. The number of aromatic nitrogens is 4. The third-order valence-electron chi connectivity index (χ3n) is 3.82. The molecule has 9 nitrogen and oxygen atoms in total. The van der Waals surface area contributed by atoms with E-state index >= 15 is 0 Å². The zero-order chi connectivity index (χ0) is 18.8. The number of nitrogens with zero attached hydrogens (tertiary/aromatic N) is 4. The van der Waals surface area contributed by atoms with Gasteiger partial charge in [0.05, 0.1) is 5.69 Å². The average molecular weight is 385 g/mol. The highest BCUT2D eigenvalue weighted by Gasteiger charge is 2.27. The first-order valence-corrected chi connectivity index (χ1v) is 8.34. The molecule has 2 N–H and O–H groups in total. The van der Waals surface area contributed by atoms with Crippen molar-refractivity contribution in [2.45, 2.75) is 0 Å². The molecule has 1 aliphatic rings. The smallest absolute Gasteiger partial charge is 0.265 e. The average Bonchev–Trinajstić information content (AvgIpc) is 3.13. The van der Waals surface area contributed by atoms with Crippen molar-refractivity contribution in [1.82, 2.24) is 20.2 Å². The molecule has 3 heterocycles. The Morgan fingerprint density at radius 3 is 3.00 bits per heavy atom. The van der Waals surface area contributed by atoms with Crippen LogP contribution in [0.3, 0.4) is 0 Å². The van der Waals surface area contributed by atoms with Gasteiger partial charge in [0.25, 0.3) is 5.91 Å². The lowest BCUT2D eigenvalue weighted by molar-refractivity contribution is -0.123. The van der Waals surface area contributed by atoms with E-state index in [2.05, 4.69) is 25.5 Å². The number of rotatable bonds is 4. The van der Waals surface area contributed by atoms with Crippen molar-refractivity contribution in [3.05, 3.63) is 47.6 Å². The molecule has 1 aliphatic heterocycles. The molecule has 3 aromatic rings. The molecule has 27 heavy (non-hydrogen) atoms. The minimum atomic E-state index is -0.435. The van der Waals surface area contributed by atoms with E-state index in [0.717, 1.165) is 0 Å². The highest BCUT2D eigenvalue weighted by Crippen LogP contribution is 2.34. The standard InChI is InChI=1S/C17H13ClN6O3/c18-10-4-5-12-13(7-10)27-9-15(26)24(12)8-14(25)20-17-21-16(22-23-17)11-3-1-2-6-19-11/h1-7H,8-9H2,(H2,20,21,22,23,25). The topological polar surface area (TPSA) is 113 Å². The summed E-state index contributed by atoms with van der Waals surface area (Å²) >= 11 is 5.94. The van der Waals surface area contributed by atoms with Gasteiger partial charge in [-0.15, -0.1) is 10.2 Å². The molecule has 0 radical (unpaired) electrons. The molecule has 2 aromatic heterocycles. The maximum absolute atomic E-state index is 12.4. The number of hydrogen-bond donors (Lipinski definition) is 2. The van der Waals surface area contributed by atoms with Crippen LogP contribution >= 0.6 is 11.6 Å². The Hall–Kier alpha value is -3.46. The SMILES string of the molecule is O=C(CN1C(=O)COc2cc(Cl)ccc21)Nc1nnc(-c2ccccn2)[nH]1. The van der Waals surface area contributed by atoms with Crippen LogP contribution in [0.2, 0.25) is 5.02 Å². The van der Waals surface area contributed by atoms with E-state index in [-0.39, 0.29) is 25.0 Å². The van der Waals surface area contributed by atoms with E-state index in [1.807, 2.05) is 6.07 Å². The summed E-state index contributed by atoms with van der Waals surface area (Å²) in [6, 6.07) is 10.2. The number of pyridine rings is 1. The molecular formula is C17H13ClN6O3. The molecule has 0 atom stereocenters. The zero-order valence-electron chi connectivity index (χ0n) is 13.8. The molecule has 0 fully saturated rings. The first-order valence-electron chi connectivity index (χ1n) is 7.97. The highest BCUT2D eigenvalue weighted by atomic mass is 35.5. The third kappa shape index (κ3) is 3.58. The summed E-state index contributed by atoms with van der Waals surface area (Å²) in [5, 5.41) is 10.9. The molecule has 10 heteroatoms. The first-order chi connectivity index (χ1) is 13.1. The van der Waals surface area contributed by atoms with Gasteiger partial charge >= 0.3 is 0 Å². The summed E-state index contributed by atoms with van der Waals surface area (Å²) in [7, 11) is 0. The van der Waals surface area contributed by atoms with Gasteiger partial charge in [0.2, 0.25) is 11.9 Å². The second-order valence-electron chi connectivity index (χ2n) is 5.67. The van der Waals surface area contributed by atoms with Crippen LogP contribution < -0.4 is 15.0 Å². The van der Waals surface area contributed by atoms with Crippen LogP contribution in [0.1, 0.15) is 0 Å². The number of carbonyl (C=O) groups is 2. The lowest BCUT2D eigenvalue weighted by Gasteiger charge is -2.28. The van der Waals surface area contributed by atoms with Crippen molar-refractivity contribution >= 4 is 35.1 Å². The summed E-state index contributed by atoms with van der Waals surface area (Å²) < 4.78 is 5.36. The van der Waals surface area contributed by atoms with Crippen molar-refractivity contribution in [1.29, 1.82) is 0 Å².